The third kappa shape index (κ3) is 2.43. The zero-order chi connectivity index (χ0) is 15.0. The van der Waals surface area contributed by atoms with Gasteiger partial charge in [-0.2, -0.15) is 0 Å². The van der Waals surface area contributed by atoms with Gasteiger partial charge in [0.05, 0.1) is 7.11 Å². The first-order chi connectivity index (χ1) is 10.2. The molecule has 2 aliphatic rings. The number of amides is 1. The Hall–Kier alpha value is -1.51. The maximum Gasteiger partial charge on any atom is 0.223 e. The number of benzene rings is 1. The minimum Gasteiger partial charge on any atom is -0.497 e. The second-order valence-corrected chi connectivity index (χ2v) is 6.57. The summed E-state index contributed by atoms with van der Waals surface area (Å²) in [5.74, 6) is 2.80. The van der Waals surface area contributed by atoms with Gasteiger partial charge >= 0.3 is 0 Å². The minimum atomic E-state index is 0.160. The van der Waals surface area contributed by atoms with Crippen LogP contribution in [0.25, 0.3) is 0 Å². The Morgan fingerprint density at radius 3 is 2.81 bits per heavy atom. The van der Waals surface area contributed by atoms with Crippen molar-refractivity contribution in [3.63, 3.8) is 0 Å². The van der Waals surface area contributed by atoms with Gasteiger partial charge in [-0.25, -0.2) is 0 Å². The summed E-state index contributed by atoms with van der Waals surface area (Å²) in [5.41, 5.74) is 2.87. The number of aryl methyl sites for hydroxylation is 1. The van der Waals surface area contributed by atoms with E-state index in [2.05, 4.69) is 30.4 Å². The molecule has 21 heavy (non-hydrogen) atoms. The molecular formula is C18H25NO2. The molecule has 1 amide bonds. The average molecular weight is 287 g/mol. The van der Waals surface area contributed by atoms with Crippen molar-refractivity contribution in [2.24, 2.45) is 17.8 Å². The maximum absolute atomic E-state index is 12.3. The SMILES string of the molecule is CNC(=O)[C@H]1[C@H]2CCc3ccc(OC)cc3[C@@H]2CC[C@H]1C. The van der Waals surface area contributed by atoms with Crippen molar-refractivity contribution in [3.05, 3.63) is 29.3 Å². The molecule has 0 aliphatic heterocycles. The van der Waals surface area contributed by atoms with Crippen LogP contribution in [-0.2, 0) is 11.2 Å². The van der Waals surface area contributed by atoms with Crippen molar-refractivity contribution in [2.75, 3.05) is 14.2 Å². The van der Waals surface area contributed by atoms with Crippen LogP contribution in [0.2, 0.25) is 0 Å². The van der Waals surface area contributed by atoms with Gasteiger partial charge in [-0.3, -0.25) is 4.79 Å². The van der Waals surface area contributed by atoms with Crippen LogP contribution in [0.3, 0.4) is 0 Å². The van der Waals surface area contributed by atoms with Gasteiger partial charge in [0.1, 0.15) is 5.75 Å². The fourth-order valence-electron chi connectivity index (χ4n) is 4.49. The summed E-state index contributed by atoms with van der Waals surface area (Å²) < 4.78 is 5.40. The summed E-state index contributed by atoms with van der Waals surface area (Å²) in [6, 6.07) is 6.46. The number of carbonyl (C=O) groups excluding carboxylic acids is 1. The monoisotopic (exact) mass is 287 g/mol. The number of rotatable bonds is 2. The second-order valence-electron chi connectivity index (χ2n) is 6.57. The lowest BCUT2D eigenvalue weighted by atomic mass is 9.60. The van der Waals surface area contributed by atoms with Crippen molar-refractivity contribution < 1.29 is 9.53 Å². The fraction of sp³-hybridized carbons (Fsp3) is 0.611. The first-order valence-electron chi connectivity index (χ1n) is 8.04. The van der Waals surface area contributed by atoms with E-state index in [0.717, 1.165) is 25.0 Å². The van der Waals surface area contributed by atoms with Gasteiger partial charge in [-0.05, 0) is 66.7 Å². The van der Waals surface area contributed by atoms with Crippen molar-refractivity contribution >= 4 is 5.91 Å². The van der Waals surface area contributed by atoms with E-state index in [0.29, 0.717) is 17.8 Å². The van der Waals surface area contributed by atoms with Gasteiger partial charge in [0.2, 0.25) is 5.91 Å². The predicted octanol–water partition coefficient (Wildman–Crippen LogP) is 3.13. The number of nitrogens with one attached hydrogen (secondary N) is 1. The number of hydrogen-bond acceptors (Lipinski definition) is 2. The normalized spacial score (nSPS) is 31.0. The number of methoxy groups -OCH3 is 1. The number of ether oxygens (including phenoxy) is 1. The van der Waals surface area contributed by atoms with Gasteiger partial charge in [-0.1, -0.05) is 13.0 Å². The van der Waals surface area contributed by atoms with E-state index < -0.39 is 0 Å². The Balaban J connectivity index is 1.96. The van der Waals surface area contributed by atoms with E-state index in [1.54, 1.807) is 14.2 Å². The lowest BCUT2D eigenvalue weighted by Crippen LogP contribution is -2.43. The van der Waals surface area contributed by atoms with E-state index in [9.17, 15) is 4.79 Å². The van der Waals surface area contributed by atoms with E-state index in [1.165, 1.54) is 17.5 Å². The summed E-state index contributed by atoms with van der Waals surface area (Å²) >= 11 is 0. The molecule has 0 unspecified atom stereocenters. The first-order valence-corrected chi connectivity index (χ1v) is 8.04. The Bertz CT molecular complexity index is 540. The molecule has 0 heterocycles. The Labute approximate surface area is 127 Å². The van der Waals surface area contributed by atoms with E-state index in [4.69, 9.17) is 4.74 Å². The third-order valence-electron chi connectivity index (χ3n) is 5.57. The Kier molecular flexibility index (Phi) is 3.92. The highest BCUT2D eigenvalue weighted by Gasteiger charge is 2.43. The highest BCUT2D eigenvalue weighted by Crippen LogP contribution is 2.50. The quantitative estimate of drug-likeness (QED) is 0.907. The van der Waals surface area contributed by atoms with Crippen molar-refractivity contribution in [2.45, 2.75) is 38.5 Å². The molecule has 0 aromatic heterocycles. The van der Waals surface area contributed by atoms with Crippen molar-refractivity contribution in [1.29, 1.82) is 0 Å². The van der Waals surface area contributed by atoms with E-state index >= 15 is 0 Å². The molecule has 0 radical (unpaired) electrons. The maximum atomic E-state index is 12.3. The summed E-state index contributed by atoms with van der Waals surface area (Å²) in [4.78, 5) is 12.3. The van der Waals surface area contributed by atoms with Crippen LogP contribution in [0.15, 0.2) is 18.2 Å². The number of carbonyl (C=O) groups is 1. The predicted molar refractivity (Wildman–Crippen MR) is 83.5 cm³/mol. The zero-order valence-corrected chi connectivity index (χ0v) is 13.2. The molecule has 3 heteroatoms. The molecule has 1 aromatic carbocycles. The highest BCUT2D eigenvalue weighted by molar-refractivity contribution is 5.79. The van der Waals surface area contributed by atoms with Crippen LogP contribution < -0.4 is 10.1 Å². The van der Waals surface area contributed by atoms with Gasteiger partial charge in [0.25, 0.3) is 0 Å². The van der Waals surface area contributed by atoms with Crippen LogP contribution in [0.1, 0.15) is 43.2 Å². The van der Waals surface area contributed by atoms with E-state index in [1.807, 2.05) is 0 Å². The number of fused-ring (bicyclic) bond motifs is 3. The minimum absolute atomic E-state index is 0.160. The summed E-state index contributed by atoms with van der Waals surface area (Å²) in [7, 11) is 3.48. The lowest BCUT2D eigenvalue weighted by Gasteiger charge is -2.44. The highest BCUT2D eigenvalue weighted by atomic mass is 16.5. The molecular weight excluding hydrogens is 262 g/mol. The summed E-state index contributed by atoms with van der Waals surface area (Å²) in [5, 5.41) is 2.88. The van der Waals surface area contributed by atoms with Crippen LogP contribution in [0, 0.1) is 17.8 Å². The van der Waals surface area contributed by atoms with Crippen LogP contribution in [0.5, 0.6) is 5.75 Å². The number of hydrogen-bond donors (Lipinski definition) is 1. The molecule has 0 bridgehead atoms. The van der Waals surface area contributed by atoms with Gasteiger partial charge in [0, 0.05) is 13.0 Å². The molecule has 2 aliphatic carbocycles. The third-order valence-corrected chi connectivity index (χ3v) is 5.57. The topological polar surface area (TPSA) is 38.3 Å². The van der Waals surface area contributed by atoms with Crippen molar-refractivity contribution in [3.8, 4) is 5.75 Å². The molecule has 4 atom stereocenters. The van der Waals surface area contributed by atoms with Gasteiger partial charge < -0.3 is 10.1 Å². The Morgan fingerprint density at radius 2 is 2.10 bits per heavy atom. The Morgan fingerprint density at radius 1 is 1.29 bits per heavy atom. The molecule has 3 nitrogen and oxygen atoms in total. The largest absolute Gasteiger partial charge is 0.497 e. The first kappa shape index (κ1) is 14.4. The second kappa shape index (κ2) is 5.70. The smallest absolute Gasteiger partial charge is 0.223 e. The molecule has 114 valence electrons. The standard InChI is InChI=1S/C18H25NO2/c1-11-4-8-14-15(17(11)18(20)19-2)9-6-12-5-7-13(21-3)10-16(12)14/h5,7,10-11,14-15,17H,4,6,8-9H2,1-3H3,(H,19,20)/t11-,14-,15+,17-/m1/s1. The van der Waals surface area contributed by atoms with Gasteiger partial charge in [-0.15, -0.1) is 0 Å². The lowest BCUT2D eigenvalue weighted by molar-refractivity contribution is -0.130. The molecule has 1 fully saturated rings. The van der Waals surface area contributed by atoms with Crippen LogP contribution >= 0.6 is 0 Å². The molecule has 1 saturated carbocycles. The molecule has 1 N–H and O–H groups in total. The van der Waals surface area contributed by atoms with Gasteiger partial charge in [0.15, 0.2) is 0 Å². The van der Waals surface area contributed by atoms with Crippen LogP contribution in [-0.4, -0.2) is 20.1 Å². The van der Waals surface area contributed by atoms with Crippen molar-refractivity contribution in [1.82, 2.24) is 5.32 Å². The molecule has 0 spiro atoms. The van der Waals surface area contributed by atoms with E-state index in [-0.39, 0.29) is 11.8 Å². The molecule has 0 saturated heterocycles. The zero-order valence-electron chi connectivity index (χ0n) is 13.2. The molecule has 1 aromatic rings. The average Bonchev–Trinajstić information content (AvgIpc) is 2.53. The summed E-state index contributed by atoms with van der Waals surface area (Å²) in [6.07, 6.45) is 4.54. The fourth-order valence-corrected chi connectivity index (χ4v) is 4.49. The van der Waals surface area contributed by atoms with Crippen LogP contribution in [0.4, 0.5) is 0 Å². The summed E-state index contributed by atoms with van der Waals surface area (Å²) in [6.45, 7) is 2.23. The molecule has 3 rings (SSSR count).